The van der Waals surface area contributed by atoms with Gasteiger partial charge in [-0.15, -0.1) is 5.10 Å². The number of nitrogens with one attached hydrogen (secondary N) is 2. The molecule has 21 heavy (non-hydrogen) atoms. The molecule has 1 aromatic heterocycles. The van der Waals surface area contributed by atoms with Gasteiger partial charge in [0.1, 0.15) is 4.88 Å². The maximum absolute atomic E-state index is 12.4. The van der Waals surface area contributed by atoms with Crippen LogP contribution >= 0.6 is 11.5 Å². The molecular weight excluding hydrogens is 284 g/mol. The van der Waals surface area contributed by atoms with Crippen molar-refractivity contribution in [2.24, 2.45) is 0 Å². The first-order valence-corrected chi connectivity index (χ1v) is 7.73. The van der Waals surface area contributed by atoms with Crippen molar-refractivity contribution in [1.29, 1.82) is 0 Å². The van der Waals surface area contributed by atoms with Gasteiger partial charge in [-0.25, -0.2) is 0 Å². The second-order valence-electron chi connectivity index (χ2n) is 6.20. The molecule has 2 heterocycles. The van der Waals surface area contributed by atoms with Crippen LogP contribution in [0.1, 0.15) is 41.7 Å². The van der Waals surface area contributed by atoms with Crippen LogP contribution in [0.2, 0.25) is 0 Å². The highest BCUT2D eigenvalue weighted by Crippen LogP contribution is 2.28. The highest BCUT2D eigenvalue weighted by atomic mass is 32.1. The van der Waals surface area contributed by atoms with Crippen LogP contribution in [-0.4, -0.2) is 22.0 Å². The first-order valence-electron chi connectivity index (χ1n) is 6.96. The van der Waals surface area contributed by atoms with Crippen LogP contribution in [0.5, 0.6) is 0 Å². The fourth-order valence-electron chi connectivity index (χ4n) is 2.40. The molecule has 0 aliphatic carbocycles. The Labute approximate surface area is 127 Å². The predicted octanol–water partition coefficient (Wildman–Crippen LogP) is 3.06. The Kier molecular flexibility index (Phi) is 3.41. The first-order chi connectivity index (χ1) is 9.95. The van der Waals surface area contributed by atoms with Crippen molar-refractivity contribution < 1.29 is 4.79 Å². The number of rotatable bonds is 2. The molecule has 1 aliphatic heterocycles. The predicted molar refractivity (Wildman–Crippen MR) is 85.2 cm³/mol. The van der Waals surface area contributed by atoms with Gasteiger partial charge in [-0.05, 0) is 41.7 Å². The molecule has 3 rings (SSSR count). The van der Waals surface area contributed by atoms with Gasteiger partial charge in [-0.3, -0.25) is 4.79 Å². The molecular formula is C15H18N4OS. The summed E-state index contributed by atoms with van der Waals surface area (Å²) < 4.78 is 3.93. The van der Waals surface area contributed by atoms with E-state index in [4.69, 9.17) is 0 Å². The van der Waals surface area contributed by atoms with Gasteiger partial charge >= 0.3 is 0 Å². The summed E-state index contributed by atoms with van der Waals surface area (Å²) in [7, 11) is 0. The van der Waals surface area contributed by atoms with Crippen molar-refractivity contribution in [3.05, 3.63) is 34.3 Å². The molecule has 2 aromatic rings. The van der Waals surface area contributed by atoms with Crippen molar-refractivity contribution in [1.82, 2.24) is 9.59 Å². The molecule has 1 amide bonds. The number of hydrogen-bond donors (Lipinski definition) is 2. The lowest BCUT2D eigenvalue weighted by Gasteiger charge is -2.16. The van der Waals surface area contributed by atoms with Gasteiger partial charge in [0.25, 0.3) is 5.91 Å². The zero-order valence-corrected chi connectivity index (χ0v) is 13.2. The monoisotopic (exact) mass is 302 g/mol. The number of benzene rings is 1. The average molecular weight is 302 g/mol. The summed E-state index contributed by atoms with van der Waals surface area (Å²) in [5, 5.41) is 10.4. The Balaban J connectivity index is 1.83. The van der Waals surface area contributed by atoms with Crippen molar-refractivity contribution >= 4 is 28.8 Å². The standard InChI is InChI=1S/C15H18N4OS/c1-15(2,3)13-12(21-19-18-13)14(20)17-10-4-5-11-9(8-10)6-7-16-11/h4-5,8,16H,6-7H2,1-3H3,(H,17,20). The number of anilines is 2. The van der Waals surface area contributed by atoms with Gasteiger partial charge in [-0.2, -0.15) is 0 Å². The molecule has 6 heteroatoms. The van der Waals surface area contributed by atoms with Gasteiger partial charge in [0.2, 0.25) is 0 Å². The van der Waals surface area contributed by atoms with E-state index in [0.29, 0.717) is 4.88 Å². The second-order valence-corrected chi connectivity index (χ2v) is 6.96. The molecule has 0 spiro atoms. The van der Waals surface area contributed by atoms with Crippen LogP contribution in [0, 0.1) is 0 Å². The molecule has 2 N–H and O–H groups in total. The number of hydrogen-bond acceptors (Lipinski definition) is 5. The zero-order valence-electron chi connectivity index (χ0n) is 12.4. The Bertz CT molecular complexity index is 687. The smallest absolute Gasteiger partial charge is 0.269 e. The molecule has 0 saturated carbocycles. The highest BCUT2D eigenvalue weighted by Gasteiger charge is 2.26. The molecule has 0 radical (unpaired) electrons. The molecule has 0 bridgehead atoms. The number of carbonyl (C=O) groups excluding carboxylic acids is 1. The second kappa shape index (κ2) is 5.11. The summed E-state index contributed by atoms with van der Waals surface area (Å²) in [6.45, 7) is 7.05. The Hall–Kier alpha value is -1.95. The quantitative estimate of drug-likeness (QED) is 0.894. The van der Waals surface area contributed by atoms with Crippen LogP contribution in [0.3, 0.4) is 0 Å². The summed E-state index contributed by atoms with van der Waals surface area (Å²) in [6.07, 6.45) is 0.994. The number of nitrogens with zero attached hydrogens (tertiary/aromatic N) is 2. The number of carbonyl (C=O) groups is 1. The summed E-state index contributed by atoms with van der Waals surface area (Å²) in [6, 6.07) is 5.95. The van der Waals surface area contributed by atoms with E-state index >= 15 is 0 Å². The molecule has 5 nitrogen and oxygen atoms in total. The summed E-state index contributed by atoms with van der Waals surface area (Å²) in [5.41, 5.74) is 3.76. The minimum absolute atomic E-state index is 0.138. The average Bonchev–Trinajstić information content (AvgIpc) is 3.06. The molecule has 0 unspecified atom stereocenters. The van der Waals surface area contributed by atoms with Crippen molar-refractivity contribution in [2.75, 3.05) is 17.2 Å². The zero-order chi connectivity index (χ0) is 15.0. The third-order valence-corrected chi connectivity index (χ3v) is 4.20. The van der Waals surface area contributed by atoms with Crippen LogP contribution in [-0.2, 0) is 11.8 Å². The molecule has 1 aromatic carbocycles. The first kappa shape index (κ1) is 14.0. The third kappa shape index (κ3) is 2.76. The minimum atomic E-state index is -0.193. The summed E-state index contributed by atoms with van der Waals surface area (Å²) in [5.74, 6) is -0.138. The van der Waals surface area contributed by atoms with E-state index in [1.807, 2.05) is 39.0 Å². The number of amides is 1. The van der Waals surface area contributed by atoms with Gasteiger partial charge in [0.05, 0.1) is 5.69 Å². The van der Waals surface area contributed by atoms with Crippen LogP contribution in [0.4, 0.5) is 11.4 Å². The van der Waals surface area contributed by atoms with Crippen molar-refractivity contribution in [3.63, 3.8) is 0 Å². The molecule has 110 valence electrons. The van der Waals surface area contributed by atoms with E-state index in [1.165, 1.54) is 5.56 Å². The molecule has 0 fully saturated rings. The lowest BCUT2D eigenvalue weighted by atomic mass is 9.91. The summed E-state index contributed by atoms with van der Waals surface area (Å²) in [4.78, 5) is 13.0. The largest absolute Gasteiger partial charge is 0.384 e. The molecule has 0 saturated heterocycles. The maximum Gasteiger partial charge on any atom is 0.269 e. The van der Waals surface area contributed by atoms with E-state index < -0.39 is 0 Å². The van der Waals surface area contributed by atoms with E-state index in [9.17, 15) is 4.79 Å². The van der Waals surface area contributed by atoms with Crippen molar-refractivity contribution in [2.45, 2.75) is 32.6 Å². The lowest BCUT2D eigenvalue weighted by molar-refractivity contribution is 0.102. The maximum atomic E-state index is 12.4. The van der Waals surface area contributed by atoms with E-state index in [0.717, 1.165) is 41.6 Å². The SMILES string of the molecule is CC(C)(C)c1nnsc1C(=O)Nc1ccc2c(c1)CCN2. The lowest BCUT2D eigenvalue weighted by Crippen LogP contribution is -2.19. The van der Waals surface area contributed by atoms with Gasteiger partial charge in [0.15, 0.2) is 0 Å². The fraction of sp³-hybridized carbons (Fsp3) is 0.400. The third-order valence-electron chi connectivity index (χ3n) is 3.48. The molecule has 0 atom stereocenters. The van der Waals surface area contributed by atoms with Crippen LogP contribution < -0.4 is 10.6 Å². The van der Waals surface area contributed by atoms with Crippen molar-refractivity contribution in [3.8, 4) is 0 Å². The Morgan fingerprint density at radius 3 is 2.95 bits per heavy atom. The summed E-state index contributed by atoms with van der Waals surface area (Å²) >= 11 is 1.14. The minimum Gasteiger partial charge on any atom is -0.384 e. The van der Waals surface area contributed by atoms with Crippen LogP contribution in [0.15, 0.2) is 18.2 Å². The topological polar surface area (TPSA) is 66.9 Å². The Morgan fingerprint density at radius 2 is 2.19 bits per heavy atom. The normalized spacial score (nSPS) is 13.7. The van der Waals surface area contributed by atoms with Gasteiger partial charge < -0.3 is 10.6 Å². The highest BCUT2D eigenvalue weighted by molar-refractivity contribution is 7.08. The molecule has 1 aliphatic rings. The van der Waals surface area contributed by atoms with Gasteiger partial charge in [-0.1, -0.05) is 25.3 Å². The van der Waals surface area contributed by atoms with E-state index in [-0.39, 0.29) is 11.3 Å². The fourth-order valence-corrected chi connectivity index (χ4v) is 3.17. The number of aromatic nitrogens is 2. The van der Waals surface area contributed by atoms with Crippen LogP contribution in [0.25, 0.3) is 0 Å². The van der Waals surface area contributed by atoms with Gasteiger partial charge in [0, 0.05) is 23.3 Å². The van der Waals surface area contributed by atoms with E-state index in [1.54, 1.807) is 0 Å². The Morgan fingerprint density at radius 1 is 1.38 bits per heavy atom. The number of fused-ring (bicyclic) bond motifs is 1. The van der Waals surface area contributed by atoms with E-state index in [2.05, 4.69) is 20.2 Å².